The largest absolute Gasteiger partial charge is 0.443 e. The maximum absolute atomic E-state index is 5.44. The molecule has 80 valence electrons. The van der Waals surface area contributed by atoms with E-state index in [2.05, 4.69) is 9.98 Å². The van der Waals surface area contributed by atoms with E-state index >= 15 is 0 Å². The minimum absolute atomic E-state index is 0.307. The molecule has 0 N–H and O–H groups in total. The van der Waals surface area contributed by atoms with Crippen LogP contribution in [0.4, 0.5) is 0 Å². The van der Waals surface area contributed by atoms with E-state index in [0.717, 1.165) is 30.4 Å². The van der Waals surface area contributed by atoms with Crippen LogP contribution in [0.1, 0.15) is 12.3 Å². The number of hydrogen-bond acceptors (Lipinski definition) is 5. The summed E-state index contributed by atoms with van der Waals surface area (Å²) in [7, 11) is 0. The Bertz CT molecular complexity index is 364. The summed E-state index contributed by atoms with van der Waals surface area (Å²) >= 11 is 1.74. The summed E-state index contributed by atoms with van der Waals surface area (Å²) < 4.78 is 10.7. The van der Waals surface area contributed by atoms with Gasteiger partial charge >= 0.3 is 0 Å². The van der Waals surface area contributed by atoms with Crippen molar-refractivity contribution in [2.24, 2.45) is 10.9 Å². The molecule has 0 bridgehead atoms. The highest BCUT2D eigenvalue weighted by molar-refractivity contribution is 8.14. The molecule has 0 aromatic carbocycles. The molecule has 2 atom stereocenters. The van der Waals surface area contributed by atoms with Crippen molar-refractivity contribution in [3.8, 4) is 0 Å². The van der Waals surface area contributed by atoms with Crippen molar-refractivity contribution in [3.63, 3.8) is 0 Å². The Morgan fingerprint density at radius 3 is 3.33 bits per heavy atom. The molecule has 2 unspecified atom stereocenters. The Hall–Kier alpha value is -0.810. The topological polar surface area (TPSA) is 47.6 Å². The molecule has 15 heavy (non-hydrogen) atoms. The molecule has 0 amide bonds. The molecule has 3 heterocycles. The number of nitrogens with zero attached hydrogens (tertiary/aromatic N) is 2. The molecule has 5 heteroatoms. The fraction of sp³-hybridized carbons (Fsp3) is 0.600. The number of rotatable bonds is 1. The van der Waals surface area contributed by atoms with Gasteiger partial charge in [-0.3, -0.25) is 4.99 Å². The van der Waals surface area contributed by atoms with Crippen LogP contribution in [-0.4, -0.2) is 35.0 Å². The first kappa shape index (κ1) is 9.42. The van der Waals surface area contributed by atoms with E-state index in [1.807, 2.05) is 0 Å². The van der Waals surface area contributed by atoms with Gasteiger partial charge in [0.05, 0.1) is 18.8 Å². The van der Waals surface area contributed by atoms with E-state index in [4.69, 9.17) is 9.15 Å². The van der Waals surface area contributed by atoms with Crippen LogP contribution in [0.15, 0.2) is 21.9 Å². The van der Waals surface area contributed by atoms with Gasteiger partial charge in [0.2, 0.25) is 0 Å². The summed E-state index contributed by atoms with van der Waals surface area (Å²) in [5.41, 5.74) is 0. The molecule has 0 aliphatic carbocycles. The van der Waals surface area contributed by atoms with Crippen LogP contribution < -0.4 is 0 Å². The van der Waals surface area contributed by atoms with Crippen molar-refractivity contribution in [2.45, 2.75) is 12.5 Å². The van der Waals surface area contributed by atoms with Gasteiger partial charge in [0, 0.05) is 12.4 Å². The molecule has 4 nitrogen and oxygen atoms in total. The second kappa shape index (κ2) is 3.98. The zero-order valence-electron chi connectivity index (χ0n) is 8.26. The number of oxazole rings is 1. The quantitative estimate of drug-likeness (QED) is 0.726. The molecule has 0 radical (unpaired) electrons. The standard InChI is InChI=1S/C10H12N2O2S/c1-3-13-5-8-7(1)6-15-10(12-8)9-11-2-4-14-9/h2,4,7-8H,1,3,5-6H2. The first-order valence-electron chi connectivity index (χ1n) is 5.11. The lowest BCUT2D eigenvalue weighted by Gasteiger charge is -2.31. The lowest BCUT2D eigenvalue weighted by molar-refractivity contribution is 0.0562. The van der Waals surface area contributed by atoms with Crippen LogP contribution >= 0.6 is 11.8 Å². The fourth-order valence-corrected chi connectivity index (χ4v) is 3.12. The van der Waals surface area contributed by atoms with Gasteiger partial charge in [-0.2, -0.15) is 0 Å². The summed E-state index contributed by atoms with van der Waals surface area (Å²) in [4.78, 5) is 8.76. The highest BCUT2D eigenvalue weighted by atomic mass is 32.2. The highest BCUT2D eigenvalue weighted by Gasteiger charge is 2.31. The Kier molecular flexibility index (Phi) is 2.50. The average molecular weight is 224 g/mol. The van der Waals surface area contributed by atoms with Gasteiger partial charge in [-0.15, -0.1) is 11.8 Å². The van der Waals surface area contributed by atoms with E-state index in [1.54, 1.807) is 24.2 Å². The second-order valence-electron chi connectivity index (χ2n) is 3.77. The van der Waals surface area contributed by atoms with Crippen molar-refractivity contribution in [3.05, 3.63) is 18.4 Å². The fourth-order valence-electron chi connectivity index (χ4n) is 1.92. The van der Waals surface area contributed by atoms with E-state index in [1.165, 1.54) is 0 Å². The normalized spacial score (nSPS) is 30.8. The number of ether oxygens (including phenoxy) is 1. The molecule has 1 aromatic heterocycles. The first-order valence-corrected chi connectivity index (χ1v) is 6.10. The zero-order chi connectivity index (χ0) is 10.1. The van der Waals surface area contributed by atoms with Crippen LogP contribution in [0.3, 0.4) is 0 Å². The van der Waals surface area contributed by atoms with Gasteiger partial charge < -0.3 is 9.15 Å². The van der Waals surface area contributed by atoms with Gasteiger partial charge in [-0.05, 0) is 12.3 Å². The van der Waals surface area contributed by atoms with Crippen LogP contribution in [-0.2, 0) is 4.74 Å². The summed E-state index contributed by atoms with van der Waals surface area (Å²) in [6, 6.07) is 0.307. The van der Waals surface area contributed by atoms with E-state index in [9.17, 15) is 0 Å². The number of hydrogen-bond donors (Lipinski definition) is 0. The predicted molar refractivity (Wildman–Crippen MR) is 58.2 cm³/mol. The summed E-state index contributed by atoms with van der Waals surface area (Å²) in [6.07, 6.45) is 4.36. The van der Waals surface area contributed by atoms with E-state index < -0.39 is 0 Å². The molecule has 1 saturated heterocycles. The Balaban J connectivity index is 1.84. The van der Waals surface area contributed by atoms with Crippen LogP contribution in [0.2, 0.25) is 0 Å². The Labute approximate surface area is 92.1 Å². The minimum atomic E-state index is 0.307. The molecular weight excluding hydrogens is 212 g/mol. The van der Waals surface area contributed by atoms with Crippen molar-refractivity contribution < 1.29 is 9.15 Å². The average Bonchev–Trinajstić information content (AvgIpc) is 2.82. The van der Waals surface area contributed by atoms with Gasteiger partial charge in [0.15, 0.2) is 5.04 Å². The maximum Gasteiger partial charge on any atom is 0.251 e. The molecular formula is C10H12N2O2S. The maximum atomic E-state index is 5.44. The smallest absolute Gasteiger partial charge is 0.251 e. The van der Waals surface area contributed by atoms with Crippen LogP contribution in [0.25, 0.3) is 0 Å². The number of aromatic nitrogens is 1. The number of aliphatic imine (C=N–C) groups is 1. The summed E-state index contributed by atoms with van der Waals surface area (Å²) in [5, 5.41) is 0.923. The Morgan fingerprint density at radius 2 is 2.47 bits per heavy atom. The third-order valence-electron chi connectivity index (χ3n) is 2.80. The van der Waals surface area contributed by atoms with Crippen molar-refractivity contribution in [1.29, 1.82) is 0 Å². The number of fused-ring (bicyclic) bond motifs is 1. The SMILES string of the molecule is c1coc(C2=NC3COCCC3CS2)n1. The van der Waals surface area contributed by atoms with E-state index in [-0.39, 0.29) is 0 Å². The van der Waals surface area contributed by atoms with Crippen molar-refractivity contribution in [2.75, 3.05) is 19.0 Å². The first-order chi connectivity index (χ1) is 7.43. The monoisotopic (exact) mass is 224 g/mol. The highest BCUT2D eigenvalue weighted by Crippen LogP contribution is 2.30. The third-order valence-corrected chi connectivity index (χ3v) is 3.95. The molecule has 0 spiro atoms. The Morgan fingerprint density at radius 1 is 1.47 bits per heavy atom. The zero-order valence-corrected chi connectivity index (χ0v) is 9.07. The second-order valence-corrected chi connectivity index (χ2v) is 4.78. The summed E-state index contributed by atoms with van der Waals surface area (Å²) in [5.74, 6) is 2.42. The van der Waals surface area contributed by atoms with Gasteiger partial charge in [0.25, 0.3) is 5.89 Å². The van der Waals surface area contributed by atoms with Gasteiger partial charge in [-0.1, -0.05) is 0 Å². The molecule has 0 saturated carbocycles. The third kappa shape index (κ3) is 1.81. The lowest BCUT2D eigenvalue weighted by Crippen LogP contribution is -2.36. The predicted octanol–water partition coefficient (Wildman–Crippen LogP) is 1.57. The number of thioether (sulfide) groups is 1. The van der Waals surface area contributed by atoms with Crippen LogP contribution in [0, 0.1) is 5.92 Å². The lowest BCUT2D eigenvalue weighted by atomic mass is 9.97. The molecule has 2 aliphatic heterocycles. The van der Waals surface area contributed by atoms with Gasteiger partial charge in [-0.25, -0.2) is 4.98 Å². The van der Waals surface area contributed by atoms with Gasteiger partial charge in [0.1, 0.15) is 6.26 Å². The molecule has 1 fully saturated rings. The van der Waals surface area contributed by atoms with Crippen LogP contribution in [0.5, 0.6) is 0 Å². The van der Waals surface area contributed by atoms with Crippen molar-refractivity contribution >= 4 is 16.8 Å². The molecule has 2 aliphatic rings. The summed E-state index contributed by atoms with van der Waals surface area (Å²) in [6.45, 7) is 1.63. The molecule has 3 rings (SSSR count). The van der Waals surface area contributed by atoms with Crippen molar-refractivity contribution in [1.82, 2.24) is 4.98 Å². The molecule has 1 aromatic rings. The van der Waals surface area contributed by atoms with E-state index in [0.29, 0.717) is 17.9 Å². The minimum Gasteiger partial charge on any atom is -0.443 e.